The van der Waals surface area contributed by atoms with Crippen LogP contribution in [0.15, 0.2) is 54.6 Å². The summed E-state index contributed by atoms with van der Waals surface area (Å²) in [4.78, 5) is 1.81. The molecule has 0 amide bonds. The second-order valence-corrected chi connectivity index (χ2v) is 5.90. The lowest BCUT2D eigenvalue weighted by molar-refractivity contribution is -0.411. The van der Waals surface area contributed by atoms with Gasteiger partial charge in [-0.25, -0.2) is 8.78 Å². The van der Waals surface area contributed by atoms with Gasteiger partial charge in [0.1, 0.15) is 6.04 Å². The predicted molar refractivity (Wildman–Crippen MR) is 84.0 cm³/mol. The molecule has 0 radical (unpaired) electrons. The van der Waals surface area contributed by atoms with Crippen molar-refractivity contribution in [3.63, 3.8) is 0 Å². The Bertz CT molecular complexity index is 634. The zero-order valence-electron chi connectivity index (χ0n) is 12.9. The quantitative estimate of drug-likeness (QED) is 0.855. The number of quaternary nitrogens is 1. The highest BCUT2D eigenvalue weighted by Gasteiger charge is 2.36. The Morgan fingerprint density at radius 1 is 1.00 bits per heavy atom. The van der Waals surface area contributed by atoms with Gasteiger partial charge >= 0.3 is 0 Å². The lowest BCUT2D eigenvalue weighted by Gasteiger charge is -2.35. The van der Waals surface area contributed by atoms with Gasteiger partial charge in [0.15, 0.2) is 0 Å². The second kappa shape index (κ2) is 7.28. The minimum Gasteiger partial charge on any atom is -1.00 e. The number of piperidine rings is 1. The summed E-state index contributed by atoms with van der Waals surface area (Å²) >= 11 is 0. The molecule has 2 aromatic rings. The molecule has 1 saturated heterocycles. The molecule has 23 heavy (non-hydrogen) atoms. The predicted octanol–water partition coefficient (Wildman–Crippen LogP) is 0.257. The molecule has 3 rings (SSSR count). The Morgan fingerprint density at radius 2 is 1.65 bits per heavy atom. The molecule has 1 fully saturated rings. The van der Waals surface area contributed by atoms with Gasteiger partial charge in [0.05, 0.1) is 6.54 Å². The van der Waals surface area contributed by atoms with Crippen molar-refractivity contribution in [3.05, 3.63) is 65.7 Å². The molecule has 124 valence electrons. The van der Waals surface area contributed by atoms with E-state index in [-0.39, 0.29) is 31.4 Å². The fourth-order valence-corrected chi connectivity index (χ4v) is 3.11. The van der Waals surface area contributed by atoms with E-state index in [1.807, 2.05) is 54.6 Å². The van der Waals surface area contributed by atoms with Crippen molar-refractivity contribution < 1.29 is 26.9 Å². The summed E-state index contributed by atoms with van der Waals surface area (Å²) in [6.45, 7) is 0.472. The molecular formula is C18H21ClF2N2. The lowest BCUT2D eigenvalue weighted by Crippen LogP contribution is -3.00. The van der Waals surface area contributed by atoms with Crippen LogP contribution in [0.2, 0.25) is 0 Å². The Hall–Kier alpha value is -1.65. The van der Waals surface area contributed by atoms with E-state index in [1.165, 1.54) is 0 Å². The number of anilines is 1. The first-order chi connectivity index (χ1) is 10.6. The molecule has 0 saturated carbocycles. The third-order valence-electron chi connectivity index (χ3n) is 4.25. The van der Waals surface area contributed by atoms with Crippen molar-refractivity contribution in [2.45, 2.75) is 24.8 Å². The van der Waals surface area contributed by atoms with Crippen LogP contribution in [-0.2, 0) is 0 Å². The zero-order chi connectivity index (χ0) is 15.6. The standard InChI is InChI=1S/C18H20F2N2.ClH/c19-18(20)11-6-12-22(13-18)16-10-5-4-9-15(16)17(21)14-7-2-1-3-8-14;/h1-5,7-10,17H,6,11-13,21H2;1H. The van der Waals surface area contributed by atoms with Crippen molar-refractivity contribution in [1.29, 1.82) is 0 Å². The van der Waals surface area contributed by atoms with Gasteiger partial charge in [-0.1, -0.05) is 48.5 Å². The van der Waals surface area contributed by atoms with E-state index >= 15 is 0 Å². The van der Waals surface area contributed by atoms with Crippen molar-refractivity contribution in [3.8, 4) is 0 Å². The smallest absolute Gasteiger partial charge is 0.265 e. The SMILES string of the molecule is [Cl-].[NH3+]C(c1ccccc1)c1ccccc1N1CCCC(F)(F)C1. The molecule has 0 spiro atoms. The minimum absolute atomic E-state index is 0. The molecule has 1 atom stereocenters. The van der Waals surface area contributed by atoms with Gasteiger partial charge in [-0.05, 0) is 12.5 Å². The van der Waals surface area contributed by atoms with Crippen molar-refractivity contribution in [2.75, 3.05) is 18.0 Å². The number of benzene rings is 2. The maximum Gasteiger partial charge on any atom is 0.265 e. The summed E-state index contributed by atoms with van der Waals surface area (Å²) in [5.41, 5.74) is 7.24. The van der Waals surface area contributed by atoms with Crippen LogP contribution in [0.1, 0.15) is 30.0 Å². The van der Waals surface area contributed by atoms with Crippen LogP contribution in [-0.4, -0.2) is 19.0 Å². The van der Waals surface area contributed by atoms with Gasteiger partial charge in [0.2, 0.25) is 0 Å². The van der Waals surface area contributed by atoms with E-state index in [4.69, 9.17) is 0 Å². The Balaban J connectivity index is 0.00000192. The first kappa shape index (κ1) is 17.7. The Kier molecular flexibility index (Phi) is 5.60. The van der Waals surface area contributed by atoms with Crippen LogP contribution in [0.5, 0.6) is 0 Å². The van der Waals surface area contributed by atoms with Crippen LogP contribution in [0.25, 0.3) is 0 Å². The third-order valence-corrected chi connectivity index (χ3v) is 4.25. The molecule has 5 heteroatoms. The monoisotopic (exact) mass is 338 g/mol. The van der Waals surface area contributed by atoms with E-state index in [1.54, 1.807) is 4.90 Å². The minimum atomic E-state index is -2.60. The summed E-state index contributed by atoms with van der Waals surface area (Å²) < 4.78 is 27.5. The second-order valence-electron chi connectivity index (χ2n) is 5.90. The number of rotatable bonds is 3. The van der Waals surface area contributed by atoms with E-state index < -0.39 is 5.92 Å². The molecule has 0 aromatic heterocycles. The maximum absolute atomic E-state index is 13.7. The van der Waals surface area contributed by atoms with Crippen molar-refractivity contribution in [2.24, 2.45) is 0 Å². The maximum atomic E-state index is 13.7. The van der Waals surface area contributed by atoms with Gasteiger partial charge in [-0.15, -0.1) is 0 Å². The van der Waals surface area contributed by atoms with Gasteiger partial charge < -0.3 is 23.0 Å². The fourth-order valence-electron chi connectivity index (χ4n) is 3.11. The van der Waals surface area contributed by atoms with Crippen molar-refractivity contribution in [1.82, 2.24) is 0 Å². The molecule has 1 heterocycles. The average Bonchev–Trinajstić information content (AvgIpc) is 2.54. The third kappa shape index (κ3) is 4.01. The normalized spacial score (nSPS) is 18.1. The lowest BCUT2D eigenvalue weighted by atomic mass is 9.96. The first-order valence-electron chi connectivity index (χ1n) is 7.66. The first-order valence-corrected chi connectivity index (χ1v) is 7.66. The molecular weight excluding hydrogens is 318 g/mol. The van der Waals surface area contributed by atoms with Gasteiger partial charge in [-0.2, -0.15) is 0 Å². The van der Waals surface area contributed by atoms with Crippen LogP contribution in [0, 0.1) is 0 Å². The molecule has 2 aromatic carbocycles. The molecule has 1 aliphatic rings. The number of nitrogens with zero attached hydrogens (tertiary/aromatic N) is 1. The van der Waals surface area contributed by atoms with E-state index in [2.05, 4.69) is 5.73 Å². The topological polar surface area (TPSA) is 30.9 Å². The summed E-state index contributed by atoms with van der Waals surface area (Å²) in [6, 6.07) is 17.7. The van der Waals surface area contributed by atoms with Crippen LogP contribution in [0.3, 0.4) is 0 Å². The molecule has 3 N–H and O–H groups in total. The molecule has 1 unspecified atom stereocenters. The highest BCUT2D eigenvalue weighted by Crippen LogP contribution is 2.34. The van der Waals surface area contributed by atoms with E-state index in [0.717, 1.165) is 16.8 Å². The number of halogens is 3. The summed E-state index contributed by atoms with van der Waals surface area (Å²) in [6.07, 6.45) is 0.507. The average molecular weight is 339 g/mol. The molecule has 0 bridgehead atoms. The van der Waals surface area contributed by atoms with E-state index in [0.29, 0.717) is 13.0 Å². The number of alkyl halides is 2. The van der Waals surface area contributed by atoms with Crippen LogP contribution in [0.4, 0.5) is 14.5 Å². The van der Waals surface area contributed by atoms with Gasteiger partial charge in [-0.3, -0.25) is 0 Å². The largest absolute Gasteiger partial charge is 1.00 e. The van der Waals surface area contributed by atoms with Crippen LogP contribution >= 0.6 is 0 Å². The van der Waals surface area contributed by atoms with E-state index in [9.17, 15) is 8.78 Å². The molecule has 0 aliphatic carbocycles. The summed E-state index contributed by atoms with van der Waals surface area (Å²) in [7, 11) is 0. The fraction of sp³-hybridized carbons (Fsp3) is 0.333. The number of hydrogen-bond donors (Lipinski definition) is 1. The molecule has 1 aliphatic heterocycles. The summed E-state index contributed by atoms with van der Waals surface area (Å²) in [5, 5.41) is 0. The van der Waals surface area contributed by atoms with Gasteiger partial charge in [0.25, 0.3) is 5.92 Å². The zero-order valence-corrected chi connectivity index (χ0v) is 13.6. The number of para-hydroxylation sites is 1. The highest BCUT2D eigenvalue weighted by molar-refractivity contribution is 5.56. The van der Waals surface area contributed by atoms with Gasteiger partial charge in [0, 0.05) is 29.8 Å². The molecule has 2 nitrogen and oxygen atoms in total. The Morgan fingerprint density at radius 3 is 2.35 bits per heavy atom. The van der Waals surface area contributed by atoms with Crippen LogP contribution < -0.4 is 23.0 Å². The Labute approximate surface area is 141 Å². The van der Waals surface area contributed by atoms with Crippen molar-refractivity contribution >= 4 is 5.69 Å². The highest BCUT2D eigenvalue weighted by atomic mass is 35.5. The number of hydrogen-bond acceptors (Lipinski definition) is 1. The summed E-state index contributed by atoms with van der Waals surface area (Å²) in [5.74, 6) is -2.60.